The molecule has 1 amide bonds. The van der Waals surface area contributed by atoms with Crippen molar-refractivity contribution >= 4 is 43.2 Å². The fourth-order valence-corrected chi connectivity index (χ4v) is 3.16. The van der Waals surface area contributed by atoms with Crippen LogP contribution in [0, 0.1) is 6.92 Å². The van der Waals surface area contributed by atoms with Gasteiger partial charge in [-0.15, -0.1) is 0 Å². The van der Waals surface area contributed by atoms with Crippen molar-refractivity contribution in [3.05, 3.63) is 58.6 Å². The Morgan fingerprint density at radius 1 is 1.17 bits per heavy atom. The summed E-state index contributed by atoms with van der Waals surface area (Å²) in [7, 11) is -3.56. The van der Waals surface area contributed by atoms with Gasteiger partial charge in [0.15, 0.2) is 0 Å². The van der Waals surface area contributed by atoms with Gasteiger partial charge in [-0.05, 0) is 48.9 Å². The van der Waals surface area contributed by atoms with Gasteiger partial charge in [0.2, 0.25) is 15.9 Å². The number of amides is 1. The molecule has 0 radical (unpaired) electrons. The predicted octanol–water partition coefficient (Wildman–Crippen LogP) is 3.16. The molecular formula is C16H17BrN2O3S. The highest BCUT2D eigenvalue weighted by Gasteiger charge is 2.20. The van der Waals surface area contributed by atoms with Gasteiger partial charge in [-0.25, -0.2) is 8.42 Å². The lowest BCUT2D eigenvalue weighted by Crippen LogP contribution is -2.37. The van der Waals surface area contributed by atoms with Crippen molar-refractivity contribution in [3.63, 3.8) is 0 Å². The number of anilines is 2. The molecule has 0 atom stereocenters. The van der Waals surface area contributed by atoms with E-state index < -0.39 is 15.9 Å². The average molecular weight is 397 g/mol. The number of carbonyl (C=O) groups excluding carboxylic acids is 1. The van der Waals surface area contributed by atoms with Gasteiger partial charge in [-0.3, -0.25) is 9.10 Å². The van der Waals surface area contributed by atoms with Crippen LogP contribution in [0.4, 0.5) is 11.4 Å². The summed E-state index contributed by atoms with van der Waals surface area (Å²) >= 11 is 3.32. The van der Waals surface area contributed by atoms with Gasteiger partial charge in [0.1, 0.15) is 6.54 Å². The van der Waals surface area contributed by atoms with Crippen molar-refractivity contribution in [2.24, 2.45) is 0 Å². The predicted molar refractivity (Wildman–Crippen MR) is 96.1 cm³/mol. The molecule has 0 unspecified atom stereocenters. The van der Waals surface area contributed by atoms with Gasteiger partial charge in [0, 0.05) is 10.2 Å². The summed E-state index contributed by atoms with van der Waals surface area (Å²) in [5, 5.41) is 2.69. The van der Waals surface area contributed by atoms with Gasteiger partial charge >= 0.3 is 0 Å². The Hall–Kier alpha value is -1.86. The normalized spacial score (nSPS) is 11.1. The van der Waals surface area contributed by atoms with Crippen molar-refractivity contribution < 1.29 is 13.2 Å². The van der Waals surface area contributed by atoms with E-state index in [-0.39, 0.29) is 6.54 Å². The largest absolute Gasteiger partial charge is 0.325 e. The smallest absolute Gasteiger partial charge is 0.245 e. The van der Waals surface area contributed by atoms with Crippen LogP contribution < -0.4 is 9.62 Å². The quantitative estimate of drug-likeness (QED) is 0.843. The zero-order valence-corrected chi connectivity index (χ0v) is 15.2. The molecule has 2 aromatic carbocycles. The first-order valence-corrected chi connectivity index (χ1v) is 9.49. The number of nitrogens with one attached hydrogen (secondary N) is 1. The first-order valence-electron chi connectivity index (χ1n) is 6.85. The summed E-state index contributed by atoms with van der Waals surface area (Å²) in [5.41, 5.74) is 2.00. The lowest BCUT2D eigenvalue weighted by atomic mass is 10.2. The second-order valence-electron chi connectivity index (χ2n) is 5.16. The molecule has 0 aliphatic heterocycles. The number of hydrogen-bond donors (Lipinski definition) is 1. The van der Waals surface area contributed by atoms with E-state index in [4.69, 9.17) is 0 Å². The van der Waals surface area contributed by atoms with Crippen molar-refractivity contribution in [1.82, 2.24) is 0 Å². The zero-order chi connectivity index (χ0) is 17.0. The van der Waals surface area contributed by atoms with Gasteiger partial charge in [-0.2, -0.15) is 0 Å². The third-order valence-electron chi connectivity index (χ3n) is 3.11. The molecule has 0 saturated carbocycles. The van der Waals surface area contributed by atoms with E-state index in [1.54, 1.807) is 42.5 Å². The molecule has 0 aliphatic carbocycles. The Labute approximate surface area is 144 Å². The van der Waals surface area contributed by atoms with E-state index in [1.165, 1.54) is 0 Å². The summed E-state index contributed by atoms with van der Waals surface area (Å²) in [6.45, 7) is 1.59. The highest BCUT2D eigenvalue weighted by Crippen LogP contribution is 2.19. The van der Waals surface area contributed by atoms with Gasteiger partial charge < -0.3 is 5.32 Å². The minimum atomic E-state index is -3.56. The lowest BCUT2D eigenvalue weighted by molar-refractivity contribution is -0.114. The third kappa shape index (κ3) is 5.07. The number of sulfonamides is 1. The van der Waals surface area contributed by atoms with Crippen molar-refractivity contribution in [3.8, 4) is 0 Å². The van der Waals surface area contributed by atoms with E-state index in [9.17, 15) is 13.2 Å². The minimum absolute atomic E-state index is 0.279. The third-order valence-corrected chi connectivity index (χ3v) is 4.77. The molecule has 0 heterocycles. The molecule has 0 aromatic heterocycles. The monoisotopic (exact) mass is 396 g/mol. The van der Waals surface area contributed by atoms with E-state index in [0.717, 1.165) is 20.6 Å². The van der Waals surface area contributed by atoms with Crippen molar-refractivity contribution in [2.45, 2.75) is 6.92 Å². The summed E-state index contributed by atoms with van der Waals surface area (Å²) in [6.07, 6.45) is 1.09. The Bertz CT molecular complexity index is 804. The van der Waals surface area contributed by atoms with Crippen LogP contribution >= 0.6 is 15.9 Å². The molecule has 0 spiro atoms. The van der Waals surface area contributed by atoms with Crippen LogP contribution in [0.15, 0.2) is 53.0 Å². The maximum atomic E-state index is 12.2. The number of hydrogen-bond acceptors (Lipinski definition) is 3. The highest BCUT2D eigenvalue weighted by atomic mass is 79.9. The van der Waals surface area contributed by atoms with Crippen LogP contribution in [0.25, 0.3) is 0 Å². The zero-order valence-electron chi connectivity index (χ0n) is 12.8. The van der Waals surface area contributed by atoms with E-state index in [2.05, 4.69) is 21.2 Å². The van der Waals surface area contributed by atoms with Crippen LogP contribution in [0.2, 0.25) is 0 Å². The number of rotatable bonds is 5. The molecule has 0 fully saturated rings. The maximum Gasteiger partial charge on any atom is 0.245 e. The molecule has 7 heteroatoms. The maximum absolute atomic E-state index is 12.2. The van der Waals surface area contributed by atoms with Crippen LogP contribution in [-0.2, 0) is 14.8 Å². The standard InChI is InChI=1S/C16H17BrN2O3S/c1-12-4-3-5-15(10-12)19(23(2,21)22)11-16(20)18-14-8-6-13(17)7-9-14/h3-10H,11H2,1-2H3,(H,18,20). The molecule has 0 aliphatic rings. The Morgan fingerprint density at radius 2 is 1.83 bits per heavy atom. The topological polar surface area (TPSA) is 66.5 Å². The molecule has 0 bridgehead atoms. The van der Waals surface area contributed by atoms with Gasteiger partial charge in [0.25, 0.3) is 0 Å². The summed E-state index contributed by atoms with van der Waals surface area (Å²) < 4.78 is 26.0. The van der Waals surface area contributed by atoms with Crippen LogP contribution in [0.5, 0.6) is 0 Å². The number of halogens is 1. The fraction of sp³-hybridized carbons (Fsp3) is 0.188. The Balaban J connectivity index is 2.18. The first kappa shape index (κ1) is 17.5. The molecule has 1 N–H and O–H groups in total. The Morgan fingerprint density at radius 3 is 2.39 bits per heavy atom. The summed E-state index contributed by atoms with van der Waals surface area (Å²) in [6, 6.07) is 14.1. The van der Waals surface area contributed by atoms with E-state index in [0.29, 0.717) is 11.4 Å². The molecule has 0 saturated heterocycles. The number of aryl methyl sites for hydroxylation is 1. The fourth-order valence-electron chi connectivity index (χ4n) is 2.05. The first-order chi connectivity index (χ1) is 10.8. The van der Waals surface area contributed by atoms with E-state index in [1.807, 2.05) is 13.0 Å². The van der Waals surface area contributed by atoms with Crippen LogP contribution in [0.1, 0.15) is 5.56 Å². The van der Waals surface area contributed by atoms with Crippen molar-refractivity contribution in [2.75, 3.05) is 22.4 Å². The Kier molecular flexibility index (Phi) is 5.43. The van der Waals surface area contributed by atoms with Gasteiger partial charge in [0.05, 0.1) is 11.9 Å². The lowest BCUT2D eigenvalue weighted by Gasteiger charge is -2.22. The number of carbonyl (C=O) groups is 1. The summed E-state index contributed by atoms with van der Waals surface area (Å²) in [4.78, 5) is 12.2. The van der Waals surface area contributed by atoms with Gasteiger partial charge in [-0.1, -0.05) is 28.1 Å². The van der Waals surface area contributed by atoms with E-state index >= 15 is 0 Å². The average Bonchev–Trinajstić information content (AvgIpc) is 2.46. The number of nitrogens with zero attached hydrogens (tertiary/aromatic N) is 1. The molecule has 23 heavy (non-hydrogen) atoms. The van der Waals surface area contributed by atoms with Crippen LogP contribution in [-0.4, -0.2) is 27.1 Å². The van der Waals surface area contributed by atoms with Crippen LogP contribution in [0.3, 0.4) is 0 Å². The second-order valence-corrected chi connectivity index (χ2v) is 7.99. The SMILES string of the molecule is Cc1cccc(N(CC(=O)Nc2ccc(Br)cc2)S(C)(=O)=O)c1. The highest BCUT2D eigenvalue weighted by molar-refractivity contribution is 9.10. The minimum Gasteiger partial charge on any atom is -0.325 e. The molecule has 5 nitrogen and oxygen atoms in total. The molecule has 122 valence electrons. The molecule has 2 rings (SSSR count). The molecule has 2 aromatic rings. The molecular weight excluding hydrogens is 380 g/mol. The second kappa shape index (κ2) is 7.14. The number of benzene rings is 2. The van der Waals surface area contributed by atoms with Crippen molar-refractivity contribution in [1.29, 1.82) is 0 Å². The summed E-state index contributed by atoms with van der Waals surface area (Å²) in [5.74, 6) is -0.403.